The van der Waals surface area contributed by atoms with Crippen LogP contribution >= 0.6 is 11.8 Å². The summed E-state index contributed by atoms with van der Waals surface area (Å²) in [7, 11) is 2.06. The fourth-order valence-electron chi connectivity index (χ4n) is 2.17. The van der Waals surface area contributed by atoms with Crippen molar-refractivity contribution >= 4 is 11.8 Å². The topological polar surface area (TPSA) is 12.0 Å². The van der Waals surface area contributed by atoms with E-state index in [9.17, 15) is 0 Å². The first-order valence-corrected chi connectivity index (χ1v) is 6.12. The van der Waals surface area contributed by atoms with Crippen LogP contribution < -0.4 is 5.32 Å². The van der Waals surface area contributed by atoms with Gasteiger partial charge in [-0.05, 0) is 31.0 Å². The fraction of sp³-hybridized carbons (Fsp3) is 0.500. The summed E-state index contributed by atoms with van der Waals surface area (Å²) in [5.74, 6) is 1.95. The molecule has 0 amide bonds. The number of hydrogen-bond donors (Lipinski definition) is 1. The zero-order valence-corrected chi connectivity index (χ0v) is 9.82. The molecular weight excluding hydrogens is 190 g/mol. The summed E-state index contributed by atoms with van der Waals surface area (Å²) in [6, 6.07) is 7.16. The van der Waals surface area contributed by atoms with E-state index >= 15 is 0 Å². The number of thioether (sulfide) groups is 1. The van der Waals surface area contributed by atoms with E-state index < -0.39 is 0 Å². The number of rotatable bonds is 1. The molecule has 1 aromatic rings. The second-order valence-corrected chi connectivity index (χ2v) is 5.08. The summed E-state index contributed by atoms with van der Waals surface area (Å²) < 4.78 is 0. The Balaban J connectivity index is 2.46. The summed E-state index contributed by atoms with van der Waals surface area (Å²) in [5, 5.41) is 3.42. The van der Waals surface area contributed by atoms with Gasteiger partial charge in [0.1, 0.15) is 0 Å². The highest BCUT2D eigenvalue weighted by Gasteiger charge is 2.26. The highest BCUT2D eigenvalue weighted by molar-refractivity contribution is 7.99. The lowest BCUT2D eigenvalue weighted by Gasteiger charge is -2.31. The van der Waals surface area contributed by atoms with E-state index in [0.29, 0.717) is 6.04 Å². The number of benzene rings is 1. The Labute approximate surface area is 90.3 Å². The van der Waals surface area contributed by atoms with Crippen molar-refractivity contribution in [2.75, 3.05) is 12.8 Å². The Morgan fingerprint density at radius 1 is 1.43 bits per heavy atom. The molecule has 1 nitrogen and oxygen atoms in total. The van der Waals surface area contributed by atoms with Gasteiger partial charge < -0.3 is 5.32 Å². The Hall–Kier alpha value is -0.470. The van der Waals surface area contributed by atoms with E-state index in [2.05, 4.69) is 44.4 Å². The predicted octanol–water partition coefficient (Wildman–Crippen LogP) is 3.00. The zero-order valence-electron chi connectivity index (χ0n) is 9.00. The first-order chi connectivity index (χ1) is 6.74. The quantitative estimate of drug-likeness (QED) is 0.760. The molecule has 0 saturated heterocycles. The Morgan fingerprint density at radius 2 is 2.21 bits per heavy atom. The molecule has 2 heteroatoms. The minimum absolute atomic E-state index is 0.533. The van der Waals surface area contributed by atoms with Gasteiger partial charge in [0.25, 0.3) is 0 Å². The minimum atomic E-state index is 0.533. The van der Waals surface area contributed by atoms with E-state index in [1.807, 2.05) is 11.8 Å². The standard InChI is InChI=1S/C12H17NS/c1-8-5-4-6-10-11(13-3)9(2)7-14-12(8)10/h4-6,9,11,13H,7H2,1-3H3. The lowest BCUT2D eigenvalue weighted by Crippen LogP contribution is -2.28. The fourth-order valence-corrected chi connectivity index (χ4v) is 3.45. The molecule has 1 aliphatic heterocycles. The van der Waals surface area contributed by atoms with Crippen LogP contribution in [0.25, 0.3) is 0 Å². The number of hydrogen-bond acceptors (Lipinski definition) is 2. The third-order valence-electron chi connectivity index (χ3n) is 2.95. The summed E-state index contributed by atoms with van der Waals surface area (Å²) in [6.45, 7) is 4.52. The van der Waals surface area contributed by atoms with Crippen molar-refractivity contribution in [2.45, 2.75) is 24.8 Å². The smallest absolute Gasteiger partial charge is 0.0362 e. The minimum Gasteiger partial charge on any atom is -0.313 e. The molecule has 0 aromatic heterocycles. The van der Waals surface area contributed by atoms with Crippen LogP contribution in [0.2, 0.25) is 0 Å². The molecule has 14 heavy (non-hydrogen) atoms. The van der Waals surface area contributed by atoms with Crippen LogP contribution in [0.3, 0.4) is 0 Å². The molecule has 0 saturated carbocycles. The van der Waals surface area contributed by atoms with Crippen molar-refractivity contribution in [1.82, 2.24) is 5.32 Å². The van der Waals surface area contributed by atoms with Gasteiger partial charge in [0, 0.05) is 16.7 Å². The van der Waals surface area contributed by atoms with Gasteiger partial charge in [-0.15, -0.1) is 11.8 Å². The molecule has 0 fully saturated rings. The van der Waals surface area contributed by atoms with Gasteiger partial charge in [-0.2, -0.15) is 0 Å². The summed E-state index contributed by atoms with van der Waals surface area (Å²) in [4.78, 5) is 1.49. The predicted molar refractivity (Wildman–Crippen MR) is 62.9 cm³/mol. The van der Waals surface area contributed by atoms with Crippen molar-refractivity contribution in [3.05, 3.63) is 29.3 Å². The van der Waals surface area contributed by atoms with Crippen LogP contribution in [0, 0.1) is 12.8 Å². The third-order valence-corrected chi connectivity index (χ3v) is 4.49. The Bertz CT molecular complexity index is 335. The molecular formula is C12H17NS. The Morgan fingerprint density at radius 3 is 2.93 bits per heavy atom. The number of aryl methyl sites for hydroxylation is 1. The first kappa shape index (κ1) is 10.1. The normalized spacial score (nSPS) is 25.9. The van der Waals surface area contributed by atoms with Crippen molar-refractivity contribution in [1.29, 1.82) is 0 Å². The van der Waals surface area contributed by atoms with Crippen LogP contribution in [0.5, 0.6) is 0 Å². The van der Waals surface area contributed by atoms with E-state index in [1.165, 1.54) is 21.8 Å². The maximum Gasteiger partial charge on any atom is 0.0362 e. The first-order valence-electron chi connectivity index (χ1n) is 5.13. The van der Waals surface area contributed by atoms with Gasteiger partial charge in [-0.1, -0.05) is 25.1 Å². The molecule has 1 aliphatic rings. The van der Waals surface area contributed by atoms with Crippen LogP contribution in [-0.4, -0.2) is 12.8 Å². The molecule has 76 valence electrons. The van der Waals surface area contributed by atoms with Crippen molar-refractivity contribution < 1.29 is 0 Å². The van der Waals surface area contributed by atoms with E-state index in [4.69, 9.17) is 0 Å². The maximum atomic E-state index is 3.42. The van der Waals surface area contributed by atoms with Gasteiger partial charge in [0.15, 0.2) is 0 Å². The molecule has 2 atom stereocenters. The lowest BCUT2D eigenvalue weighted by molar-refractivity contribution is 0.436. The van der Waals surface area contributed by atoms with Gasteiger partial charge in [-0.3, -0.25) is 0 Å². The summed E-state index contributed by atoms with van der Waals surface area (Å²) >= 11 is 2.00. The maximum absolute atomic E-state index is 3.42. The Kier molecular flexibility index (Phi) is 2.84. The van der Waals surface area contributed by atoms with Crippen LogP contribution in [-0.2, 0) is 0 Å². The molecule has 2 rings (SSSR count). The van der Waals surface area contributed by atoms with Crippen LogP contribution in [0.4, 0.5) is 0 Å². The van der Waals surface area contributed by atoms with E-state index in [1.54, 1.807) is 0 Å². The largest absolute Gasteiger partial charge is 0.313 e. The van der Waals surface area contributed by atoms with Crippen molar-refractivity contribution in [3.63, 3.8) is 0 Å². The lowest BCUT2D eigenvalue weighted by atomic mass is 9.94. The van der Waals surface area contributed by atoms with Gasteiger partial charge in [0.2, 0.25) is 0 Å². The molecule has 0 spiro atoms. The second-order valence-electron chi connectivity index (χ2n) is 4.05. The molecule has 0 bridgehead atoms. The van der Waals surface area contributed by atoms with Crippen LogP contribution in [0.15, 0.2) is 23.1 Å². The van der Waals surface area contributed by atoms with Crippen LogP contribution in [0.1, 0.15) is 24.1 Å². The monoisotopic (exact) mass is 207 g/mol. The SMILES string of the molecule is CNC1c2cccc(C)c2SCC1C. The number of fused-ring (bicyclic) bond motifs is 1. The molecule has 0 aliphatic carbocycles. The average molecular weight is 207 g/mol. The molecule has 1 N–H and O–H groups in total. The molecule has 1 aromatic carbocycles. The average Bonchev–Trinajstić information content (AvgIpc) is 2.18. The highest BCUT2D eigenvalue weighted by Crippen LogP contribution is 2.40. The van der Waals surface area contributed by atoms with Crippen molar-refractivity contribution in [3.8, 4) is 0 Å². The molecule has 2 unspecified atom stereocenters. The second kappa shape index (κ2) is 3.95. The van der Waals surface area contributed by atoms with Gasteiger partial charge in [0.05, 0.1) is 0 Å². The van der Waals surface area contributed by atoms with E-state index in [-0.39, 0.29) is 0 Å². The third kappa shape index (κ3) is 1.57. The number of nitrogens with one attached hydrogen (secondary N) is 1. The van der Waals surface area contributed by atoms with Gasteiger partial charge in [-0.25, -0.2) is 0 Å². The van der Waals surface area contributed by atoms with Crippen molar-refractivity contribution in [2.24, 2.45) is 5.92 Å². The van der Waals surface area contributed by atoms with Gasteiger partial charge >= 0.3 is 0 Å². The zero-order chi connectivity index (χ0) is 10.1. The molecule has 1 heterocycles. The summed E-state index contributed by atoms with van der Waals surface area (Å²) in [5.41, 5.74) is 2.90. The molecule has 0 radical (unpaired) electrons. The summed E-state index contributed by atoms with van der Waals surface area (Å²) in [6.07, 6.45) is 0. The highest BCUT2D eigenvalue weighted by atomic mass is 32.2. The van der Waals surface area contributed by atoms with E-state index in [0.717, 1.165) is 5.92 Å².